The zero-order valence-corrected chi connectivity index (χ0v) is 9.15. The minimum atomic E-state index is -4.77. The fourth-order valence-corrected chi connectivity index (χ4v) is 2.01. The van der Waals surface area contributed by atoms with E-state index < -0.39 is 30.5 Å². The first-order chi connectivity index (χ1) is 8.35. The molecule has 1 aromatic heterocycles. The summed E-state index contributed by atoms with van der Waals surface area (Å²) in [5, 5.41) is 12.3. The molecule has 1 aliphatic heterocycles. The molecule has 1 atom stereocenters. The van der Waals surface area contributed by atoms with Gasteiger partial charge in [-0.15, -0.1) is 0 Å². The van der Waals surface area contributed by atoms with Crippen LogP contribution in [0.25, 0.3) is 0 Å². The zero-order chi connectivity index (χ0) is 13.4. The van der Waals surface area contributed by atoms with Crippen LogP contribution in [-0.4, -0.2) is 45.4 Å². The SMILES string of the molecule is O=C(O)C1(C(F)(F)F)CCN(Cc2ncon2)C1. The maximum absolute atomic E-state index is 12.9. The smallest absolute Gasteiger partial charge is 0.406 e. The third-order valence-electron chi connectivity index (χ3n) is 3.07. The van der Waals surface area contributed by atoms with Crippen LogP contribution in [0.1, 0.15) is 12.2 Å². The Balaban J connectivity index is 2.12. The van der Waals surface area contributed by atoms with Crippen molar-refractivity contribution in [2.24, 2.45) is 5.41 Å². The summed E-state index contributed by atoms with van der Waals surface area (Å²) in [6.07, 6.45) is -4.17. The van der Waals surface area contributed by atoms with Crippen molar-refractivity contribution in [2.45, 2.75) is 19.1 Å². The Bertz CT molecular complexity index is 434. The van der Waals surface area contributed by atoms with Gasteiger partial charge in [-0.1, -0.05) is 5.16 Å². The summed E-state index contributed by atoms with van der Waals surface area (Å²) in [4.78, 5) is 16.0. The van der Waals surface area contributed by atoms with E-state index >= 15 is 0 Å². The molecule has 18 heavy (non-hydrogen) atoms. The van der Waals surface area contributed by atoms with Crippen LogP contribution in [0.5, 0.6) is 0 Å². The number of rotatable bonds is 3. The van der Waals surface area contributed by atoms with Crippen LogP contribution in [0.3, 0.4) is 0 Å². The van der Waals surface area contributed by atoms with E-state index in [2.05, 4.69) is 14.7 Å². The van der Waals surface area contributed by atoms with Crippen LogP contribution < -0.4 is 0 Å². The summed E-state index contributed by atoms with van der Waals surface area (Å²) in [5.41, 5.74) is -2.70. The molecule has 1 N–H and O–H groups in total. The van der Waals surface area contributed by atoms with E-state index in [-0.39, 0.29) is 18.9 Å². The number of hydrogen-bond acceptors (Lipinski definition) is 5. The number of alkyl halides is 3. The van der Waals surface area contributed by atoms with Crippen LogP contribution in [0.2, 0.25) is 0 Å². The number of nitrogens with zero attached hydrogens (tertiary/aromatic N) is 3. The number of carboxylic acids is 1. The van der Waals surface area contributed by atoms with Gasteiger partial charge in [0, 0.05) is 13.1 Å². The van der Waals surface area contributed by atoms with Gasteiger partial charge in [0.1, 0.15) is 0 Å². The fourth-order valence-electron chi connectivity index (χ4n) is 2.01. The second kappa shape index (κ2) is 4.23. The van der Waals surface area contributed by atoms with E-state index in [1.165, 1.54) is 4.90 Å². The molecule has 0 aliphatic carbocycles. The Morgan fingerprint density at radius 1 is 1.61 bits per heavy atom. The highest BCUT2D eigenvalue weighted by Crippen LogP contribution is 2.45. The number of aliphatic carboxylic acids is 1. The average molecular weight is 265 g/mol. The summed E-state index contributed by atoms with van der Waals surface area (Å²) >= 11 is 0. The second-order valence-electron chi connectivity index (χ2n) is 4.19. The molecule has 0 spiro atoms. The van der Waals surface area contributed by atoms with Crippen molar-refractivity contribution in [3.8, 4) is 0 Å². The first-order valence-corrected chi connectivity index (χ1v) is 5.13. The van der Waals surface area contributed by atoms with Gasteiger partial charge in [-0.05, 0) is 6.42 Å². The van der Waals surface area contributed by atoms with Crippen LogP contribution in [0.4, 0.5) is 13.2 Å². The highest BCUT2D eigenvalue weighted by Gasteiger charge is 2.63. The molecule has 6 nitrogen and oxygen atoms in total. The molecule has 1 aromatic rings. The fraction of sp³-hybridized carbons (Fsp3) is 0.667. The van der Waals surface area contributed by atoms with Gasteiger partial charge in [-0.2, -0.15) is 18.2 Å². The third-order valence-corrected chi connectivity index (χ3v) is 3.07. The highest BCUT2D eigenvalue weighted by atomic mass is 19.4. The topological polar surface area (TPSA) is 79.5 Å². The predicted molar refractivity (Wildman–Crippen MR) is 50.3 cm³/mol. The summed E-state index contributed by atoms with van der Waals surface area (Å²) in [6, 6.07) is 0. The van der Waals surface area contributed by atoms with E-state index in [0.29, 0.717) is 0 Å². The molecule has 9 heteroatoms. The molecule has 0 bridgehead atoms. The maximum atomic E-state index is 12.9. The molecule has 1 saturated heterocycles. The van der Waals surface area contributed by atoms with Gasteiger partial charge in [-0.3, -0.25) is 9.69 Å². The molecule has 2 heterocycles. The molecule has 0 radical (unpaired) electrons. The molecule has 1 aliphatic rings. The largest absolute Gasteiger partial charge is 0.481 e. The molecule has 0 aromatic carbocycles. The van der Waals surface area contributed by atoms with Crippen LogP contribution in [-0.2, 0) is 11.3 Å². The Hall–Kier alpha value is -1.64. The molecule has 2 rings (SSSR count). The van der Waals surface area contributed by atoms with Crippen molar-refractivity contribution in [3.63, 3.8) is 0 Å². The van der Waals surface area contributed by atoms with Crippen molar-refractivity contribution in [3.05, 3.63) is 12.2 Å². The standard InChI is InChI=1S/C9H10F3N3O3/c10-9(11,12)8(7(16)17)1-2-15(4-8)3-6-13-5-18-14-6/h5H,1-4H2,(H,16,17). The van der Waals surface area contributed by atoms with Gasteiger partial charge in [0.05, 0.1) is 6.54 Å². The lowest BCUT2D eigenvalue weighted by molar-refractivity contribution is -0.227. The van der Waals surface area contributed by atoms with Crippen LogP contribution >= 0.6 is 0 Å². The van der Waals surface area contributed by atoms with Gasteiger partial charge in [0.25, 0.3) is 0 Å². The van der Waals surface area contributed by atoms with E-state index in [1.807, 2.05) is 0 Å². The number of hydrogen-bond donors (Lipinski definition) is 1. The normalized spacial score (nSPS) is 25.5. The van der Waals surface area contributed by atoms with Crippen molar-refractivity contribution in [2.75, 3.05) is 13.1 Å². The second-order valence-corrected chi connectivity index (χ2v) is 4.19. The lowest BCUT2D eigenvalue weighted by Gasteiger charge is -2.27. The number of aromatic nitrogens is 2. The van der Waals surface area contributed by atoms with E-state index in [9.17, 15) is 18.0 Å². The minimum Gasteiger partial charge on any atom is -0.481 e. The Labute approximate surface area is 99.4 Å². The quantitative estimate of drug-likeness (QED) is 0.875. The summed E-state index contributed by atoms with van der Waals surface area (Å²) in [6.45, 7) is -0.525. The van der Waals surface area contributed by atoms with Gasteiger partial charge in [-0.25, -0.2) is 0 Å². The third kappa shape index (κ3) is 2.05. The van der Waals surface area contributed by atoms with E-state index in [1.54, 1.807) is 0 Å². The molecular weight excluding hydrogens is 255 g/mol. The number of halogens is 3. The highest BCUT2D eigenvalue weighted by molar-refractivity contribution is 5.76. The van der Waals surface area contributed by atoms with Gasteiger partial charge < -0.3 is 9.63 Å². The first kappa shape index (κ1) is 12.8. The summed E-state index contributed by atoms with van der Waals surface area (Å²) in [5.74, 6) is -1.61. The summed E-state index contributed by atoms with van der Waals surface area (Å²) in [7, 11) is 0. The lowest BCUT2D eigenvalue weighted by Crippen LogP contribution is -2.47. The first-order valence-electron chi connectivity index (χ1n) is 5.13. The van der Waals surface area contributed by atoms with E-state index in [4.69, 9.17) is 5.11 Å². The van der Waals surface area contributed by atoms with Crippen molar-refractivity contribution in [1.29, 1.82) is 0 Å². The Morgan fingerprint density at radius 2 is 2.33 bits per heavy atom. The minimum absolute atomic E-state index is 0.0281. The van der Waals surface area contributed by atoms with Crippen molar-refractivity contribution >= 4 is 5.97 Å². The molecule has 1 unspecified atom stereocenters. The zero-order valence-electron chi connectivity index (χ0n) is 9.15. The van der Waals surface area contributed by atoms with Gasteiger partial charge in [0.2, 0.25) is 6.39 Å². The molecule has 0 saturated carbocycles. The predicted octanol–water partition coefficient (Wildman–Crippen LogP) is 0.909. The van der Waals surface area contributed by atoms with Crippen molar-refractivity contribution in [1.82, 2.24) is 15.0 Å². The lowest BCUT2D eigenvalue weighted by atomic mass is 9.86. The average Bonchev–Trinajstić information content (AvgIpc) is 2.86. The molecule has 0 amide bonds. The number of carbonyl (C=O) groups is 1. The van der Waals surface area contributed by atoms with Gasteiger partial charge >= 0.3 is 12.1 Å². The molecule has 1 fully saturated rings. The molecular formula is C9H10F3N3O3. The van der Waals surface area contributed by atoms with Crippen molar-refractivity contribution < 1.29 is 27.6 Å². The maximum Gasteiger partial charge on any atom is 0.406 e. The Kier molecular flexibility index (Phi) is 3.01. The van der Waals surface area contributed by atoms with Crippen LogP contribution in [0.15, 0.2) is 10.9 Å². The van der Waals surface area contributed by atoms with Crippen LogP contribution in [0, 0.1) is 5.41 Å². The monoisotopic (exact) mass is 265 g/mol. The van der Waals surface area contributed by atoms with Gasteiger partial charge in [0.15, 0.2) is 11.2 Å². The Morgan fingerprint density at radius 3 is 2.78 bits per heavy atom. The summed E-state index contributed by atoms with van der Waals surface area (Å²) < 4.78 is 43.0. The number of likely N-dealkylation sites (tertiary alicyclic amines) is 1. The number of carboxylic acid groups (broad SMARTS) is 1. The molecule has 100 valence electrons. The van der Waals surface area contributed by atoms with E-state index in [0.717, 1.165) is 6.39 Å².